The molecule has 2 aliphatic rings. The summed E-state index contributed by atoms with van der Waals surface area (Å²) in [5.41, 5.74) is 1.20. The number of rotatable bonds is 5. The minimum atomic E-state index is 0.280. The van der Waals surface area contributed by atoms with Gasteiger partial charge in [0.25, 0.3) is 0 Å². The van der Waals surface area contributed by atoms with Gasteiger partial charge in [-0.15, -0.1) is 0 Å². The van der Waals surface area contributed by atoms with Crippen LogP contribution in [0.3, 0.4) is 0 Å². The molecule has 1 aliphatic carbocycles. The number of aromatic nitrogens is 1. The second-order valence-electron chi connectivity index (χ2n) is 4.99. The summed E-state index contributed by atoms with van der Waals surface area (Å²) >= 11 is 0. The van der Waals surface area contributed by atoms with Gasteiger partial charge >= 0.3 is 0 Å². The van der Waals surface area contributed by atoms with Gasteiger partial charge < -0.3 is 15.2 Å². The lowest BCUT2D eigenvalue weighted by Gasteiger charge is -2.27. The second kappa shape index (κ2) is 4.63. The van der Waals surface area contributed by atoms with Crippen molar-refractivity contribution in [1.82, 2.24) is 10.3 Å². The highest BCUT2D eigenvalue weighted by atomic mass is 16.5. The van der Waals surface area contributed by atoms with Crippen LogP contribution in [0.4, 0.5) is 0 Å². The van der Waals surface area contributed by atoms with E-state index in [9.17, 15) is 0 Å². The van der Waals surface area contributed by atoms with Crippen molar-refractivity contribution in [3.63, 3.8) is 0 Å². The summed E-state index contributed by atoms with van der Waals surface area (Å²) in [6.45, 7) is 2.10. The zero-order chi connectivity index (χ0) is 11.7. The first-order chi connectivity index (χ1) is 8.36. The number of aliphatic hydroxyl groups excluding tert-OH is 1. The Morgan fingerprint density at radius 2 is 2.35 bits per heavy atom. The Balaban J connectivity index is 1.58. The van der Waals surface area contributed by atoms with Crippen molar-refractivity contribution in [2.24, 2.45) is 5.92 Å². The van der Waals surface area contributed by atoms with Crippen LogP contribution in [-0.4, -0.2) is 35.9 Å². The number of nitrogens with one attached hydrogen (secondary N) is 1. The fraction of sp³-hybridized carbons (Fsp3) is 0.615. The summed E-state index contributed by atoms with van der Waals surface area (Å²) in [5.74, 6) is 1.76. The Bertz CT molecular complexity index is 393. The summed E-state index contributed by atoms with van der Waals surface area (Å²) in [7, 11) is 0. The smallest absolute Gasteiger partial charge is 0.137 e. The Kier molecular flexibility index (Phi) is 2.99. The first kappa shape index (κ1) is 11.0. The highest BCUT2D eigenvalue weighted by Gasteiger charge is 2.37. The molecule has 0 unspecified atom stereocenters. The van der Waals surface area contributed by atoms with Crippen LogP contribution in [0.2, 0.25) is 0 Å². The molecule has 0 aromatic carbocycles. The highest BCUT2D eigenvalue weighted by molar-refractivity contribution is 5.30. The Labute approximate surface area is 101 Å². The van der Waals surface area contributed by atoms with E-state index in [1.807, 2.05) is 6.20 Å². The molecule has 1 saturated heterocycles. The van der Waals surface area contributed by atoms with Crippen LogP contribution in [0.15, 0.2) is 18.5 Å². The molecule has 92 valence electrons. The van der Waals surface area contributed by atoms with E-state index in [1.165, 1.54) is 12.0 Å². The van der Waals surface area contributed by atoms with E-state index in [1.54, 1.807) is 6.20 Å². The van der Waals surface area contributed by atoms with Gasteiger partial charge in [0.15, 0.2) is 0 Å². The molecule has 0 amide bonds. The topological polar surface area (TPSA) is 54.4 Å². The molecule has 2 heterocycles. The van der Waals surface area contributed by atoms with Crippen LogP contribution < -0.4 is 10.1 Å². The first-order valence-corrected chi connectivity index (χ1v) is 6.29. The van der Waals surface area contributed by atoms with Crippen LogP contribution in [0.1, 0.15) is 24.3 Å². The molecular weight excluding hydrogens is 216 g/mol. The van der Waals surface area contributed by atoms with Crippen molar-refractivity contribution in [1.29, 1.82) is 0 Å². The van der Waals surface area contributed by atoms with E-state index >= 15 is 0 Å². The van der Waals surface area contributed by atoms with Crippen molar-refractivity contribution in [3.05, 3.63) is 24.0 Å². The molecule has 1 saturated carbocycles. The molecule has 2 fully saturated rings. The van der Waals surface area contributed by atoms with E-state index in [0.29, 0.717) is 17.9 Å². The minimum Gasteiger partial charge on any atom is -0.490 e. The minimum absolute atomic E-state index is 0.280. The van der Waals surface area contributed by atoms with Crippen LogP contribution in [0.5, 0.6) is 5.75 Å². The summed E-state index contributed by atoms with van der Waals surface area (Å²) in [6.07, 6.45) is 5.92. The van der Waals surface area contributed by atoms with Crippen molar-refractivity contribution >= 4 is 0 Å². The SMILES string of the molecule is OC[C@H]1C[C@@H]1c1cncc(OC[C@@H]2CCN2)c1. The van der Waals surface area contributed by atoms with E-state index in [2.05, 4.69) is 16.4 Å². The predicted octanol–water partition coefficient (Wildman–Crippen LogP) is 0.918. The van der Waals surface area contributed by atoms with Crippen molar-refractivity contribution in [3.8, 4) is 5.75 Å². The lowest BCUT2D eigenvalue weighted by Crippen LogP contribution is -2.46. The molecule has 1 aromatic heterocycles. The van der Waals surface area contributed by atoms with Crippen LogP contribution in [-0.2, 0) is 0 Å². The van der Waals surface area contributed by atoms with Gasteiger partial charge in [-0.25, -0.2) is 0 Å². The number of hydrogen-bond donors (Lipinski definition) is 2. The molecule has 3 atom stereocenters. The molecule has 2 N–H and O–H groups in total. The maximum atomic E-state index is 9.06. The third kappa shape index (κ3) is 2.42. The summed E-state index contributed by atoms with van der Waals surface area (Å²) < 4.78 is 5.71. The molecule has 0 radical (unpaired) electrons. The third-order valence-electron chi connectivity index (χ3n) is 3.70. The largest absolute Gasteiger partial charge is 0.490 e. The molecule has 0 bridgehead atoms. The van der Waals surface area contributed by atoms with Gasteiger partial charge in [-0.1, -0.05) is 0 Å². The normalized spacial score (nSPS) is 30.8. The van der Waals surface area contributed by atoms with E-state index < -0.39 is 0 Å². The number of hydrogen-bond acceptors (Lipinski definition) is 4. The second-order valence-corrected chi connectivity index (χ2v) is 4.99. The molecule has 3 rings (SSSR count). The van der Waals surface area contributed by atoms with E-state index in [-0.39, 0.29) is 6.61 Å². The summed E-state index contributed by atoms with van der Waals surface area (Å²) in [4.78, 5) is 4.21. The lowest BCUT2D eigenvalue weighted by molar-refractivity contribution is 0.216. The number of nitrogens with zero attached hydrogens (tertiary/aromatic N) is 1. The van der Waals surface area contributed by atoms with Crippen LogP contribution >= 0.6 is 0 Å². The van der Waals surface area contributed by atoms with E-state index in [4.69, 9.17) is 9.84 Å². The molecule has 4 nitrogen and oxygen atoms in total. The molecule has 17 heavy (non-hydrogen) atoms. The fourth-order valence-electron chi connectivity index (χ4n) is 2.26. The predicted molar refractivity (Wildman–Crippen MR) is 64.1 cm³/mol. The standard InChI is InChI=1S/C13H18N2O2/c16-7-10-4-13(10)9-3-12(6-14-5-9)17-8-11-1-2-15-11/h3,5-6,10-11,13,15-16H,1-2,4,7-8H2/t10-,11+,13-/m1/s1. The highest BCUT2D eigenvalue weighted by Crippen LogP contribution is 2.47. The molecule has 1 aliphatic heterocycles. The third-order valence-corrected chi connectivity index (χ3v) is 3.70. The lowest BCUT2D eigenvalue weighted by atomic mass is 10.1. The summed E-state index contributed by atoms with van der Waals surface area (Å²) in [5, 5.41) is 12.4. The van der Waals surface area contributed by atoms with Gasteiger partial charge in [-0.3, -0.25) is 4.98 Å². The van der Waals surface area contributed by atoms with Crippen molar-refractivity contribution < 1.29 is 9.84 Å². The Morgan fingerprint density at radius 3 is 3.00 bits per heavy atom. The molecular formula is C13H18N2O2. The zero-order valence-corrected chi connectivity index (χ0v) is 9.80. The maximum absolute atomic E-state index is 9.06. The molecule has 1 aromatic rings. The Morgan fingerprint density at radius 1 is 1.47 bits per heavy atom. The van der Waals surface area contributed by atoms with Gasteiger partial charge in [0.2, 0.25) is 0 Å². The van der Waals surface area contributed by atoms with E-state index in [0.717, 1.165) is 25.3 Å². The monoisotopic (exact) mass is 234 g/mol. The van der Waals surface area contributed by atoms with Gasteiger partial charge in [-0.2, -0.15) is 0 Å². The number of ether oxygens (including phenoxy) is 1. The van der Waals surface area contributed by atoms with Gasteiger partial charge in [-0.05, 0) is 42.9 Å². The molecule has 4 heteroatoms. The van der Waals surface area contributed by atoms with Crippen molar-refractivity contribution in [2.45, 2.75) is 24.8 Å². The van der Waals surface area contributed by atoms with Gasteiger partial charge in [0.1, 0.15) is 12.4 Å². The zero-order valence-electron chi connectivity index (χ0n) is 9.80. The van der Waals surface area contributed by atoms with Gasteiger partial charge in [0.05, 0.1) is 6.20 Å². The average molecular weight is 234 g/mol. The molecule has 0 spiro atoms. The fourth-order valence-corrected chi connectivity index (χ4v) is 2.26. The van der Waals surface area contributed by atoms with Crippen molar-refractivity contribution in [2.75, 3.05) is 19.8 Å². The number of aliphatic hydroxyl groups is 1. The average Bonchev–Trinajstić information content (AvgIpc) is 3.07. The first-order valence-electron chi connectivity index (χ1n) is 6.29. The quantitative estimate of drug-likeness (QED) is 0.795. The summed E-state index contributed by atoms with van der Waals surface area (Å²) in [6, 6.07) is 2.57. The van der Waals surface area contributed by atoms with Crippen LogP contribution in [0, 0.1) is 5.92 Å². The van der Waals surface area contributed by atoms with Gasteiger partial charge in [0, 0.05) is 18.8 Å². The van der Waals surface area contributed by atoms with Crippen LogP contribution in [0.25, 0.3) is 0 Å². The number of pyridine rings is 1. The Hall–Kier alpha value is -1.13. The maximum Gasteiger partial charge on any atom is 0.137 e.